The lowest BCUT2D eigenvalue weighted by Crippen LogP contribution is -2.15. The molecule has 0 saturated heterocycles. The standard InChI is InChI=1S/C24H26N4O4S/c1-3-12-28-23(17(2)32-19-8-5-4-6-9-19)26-27-24(28)33-16-22(29)25-18-10-11-20-21(15-18)31-14-7-13-30-20/h3-6,8-11,15,17H,1,7,12-14,16H2,2H3,(H,25,29)/t17-/m1/s1. The SMILES string of the molecule is C=CCn1c(SCC(=O)Nc2ccc3c(c2)OCCCO3)nnc1[C@@H](C)Oc1ccccc1. The van der Waals surface area contributed by atoms with Gasteiger partial charge < -0.3 is 19.5 Å². The zero-order valence-electron chi connectivity index (χ0n) is 18.4. The van der Waals surface area contributed by atoms with Crippen LogP contribution >= 0.6 is 11.8 Å². The van der Waals surface area contributed by atoms with E-state index in [4.69, 9.17) is 14.2 Å². The van der Waals surface area contributed by atoms with Crippen molar-refractivity contribution >= 4 is 23.4 Å². The molecule has 1 atom stereocenters. The fourth-order valence-corrected chi connectivity index (χ4v) is 4.09. The molecule has 2 aromatic carbocycles. The minimum atomic E-state index is -0.315. The number of nitrogens with zero attached hydrogens (tertiary/aromatic N) is 3. The molecule has 4 rings (SSSR count). The molecule has 2 heterocycles. The van der Waals surface area contributed by atoms with Gasteiger partial charge in [0, 0.05) is 24.7 Å². The molecule has 1 N–H and O–H groups in total. The quantitative estimate of drug-likeness (QED) is 0.367. The van der Waals surface area contributed by atoms with Gasteiger partial charge in [-0.25, -0.2) is 0 Å². The fraction of sp³-hybridized carbons (Fsp3) is 0.292. The first-order valence-electron chi connectivity index (χ1n) is 10.7. The number of amides is 1. The number of aromatic nitrogens is 3. The Morgan fingerprint density at radius 2 is 2.00 bits per heavy atom. The molecule has 172 valence electrons. The van der Waals surface area contributed by atoms with E-state index in [0.717, 1.165) is 12.2 Å². The summed E-state index contributed by atoms with van der Waals surface area (Å²) in [5, 5.41) is 12.1. The first-order valence-corrected chi connectivity index (χ1v) is 11.7. The first kappa shape index (κ1) is 22.7. The molecule has 0 aliphatic carbocycles. The van der Waals surface area contributed by atoms with Crippen molar-refractivity contribution in [2.75, 3.05) is 24.3 Å². The van der Waals surface area contributed by atoms with Crippen molar-refractivity contribution in [2.24, 2.45) is 0 Å². The average molecular weight is 467 g/mol. The average Bonchev–Trinajstić information content (AvgIpc) is 3.07. The van der Waals surface area contributed by atoms with Crippen molar-refractivity contribution < 1.29 is 19.0 Å². The van der Waals surface area contributed by atoms with Gasteiger partial charge in [-0.05, 0) is 31.2 Å². The Morgan fingerprint density at radius 1 is 1.21 bits per heavy atom. The number of hydrogen-bond donors (Lipinski definition) is 1. The van der Waals surface area contributed by atoms with Gasteiger partial charge in [-0.15, -0.1) is 16.8 Å². The van der Waals surface area contributed by atoms with Crippen LogP contribution in [0.1, 0.15) is 25.3 Å². The van der Waals surface area contributed by atoms with Crippen molar-refractivity contribution in [3.8, 4) is 17.2 Å². The Morgan fingerprint density at radius 3 is 2.79 bits per heavy atom. The molecular weight excluding hydrogens is 440 g/mol. The van der Waals surface area contributed by atoms with Gasteiger partial charge in [0.05, 0.1) is 19.0 Å². The number of carbonyl (C=O) groups is 1. The fourth-order valence-electron chi connectivity index (χ4n) is 3.33. The zero-order valence-corrected chi connectivity index (χ0v) is 19.2. The highest BCUT2D eigenvalue weighted by Gasteiger charge is 2.20. The summed E-state index contributed by atoms with van der Waals surface area (Å²) in [6, 6.07) is 14.9. The van der Waals surface area contributed by atoms with Crippen LogP contribution in [-0.4, -0.2) is 39.6 Å². The predicted octanol–water partition coefficient (Wildman–Crippen LogP) is 4.50. The third-order valence-corrected chi connectivity index (χ3v) is 5.81. The molecule has 1 aliphatic heterocycles. The number of ether oxygens (including phenoxy) is 3. The predicted molar refractivity (Wildman–Crippen MR) is 127 cm³/mol. The summed E-state index contributed by atoms with van der Waals surface area (Å²) in [4.78, 5) is 12.6. The Labute approximate surface area is 197 Å². The lowest BCUT2D eigenvalue weighted by Gasteiger charge is -2.15. The molecule has 0 radical (unpaired) electrons. The molecule has 8 nitrogen and oxygen atoms in total. The van der Waals surface area contributed by atoms with Crippen molar-refractivity contribution in [1.82, 2.24) is 14.8 Å². The normalized spacial score (nSPS) is 13.6. The van der Waals surface area contributed by atoms with E-state index in [-0.39, 0.29) is 17.8 Å². The first-order chi connectivity index (χ1) is 16.1. The van der Waals surface area contributed by atoms with Crippen molar-refractivity contribution in [1.29, 1.82) is 0 Å². The number of hydrogen-bond acceptors (Lipinski definition) is 7. The summed E-state index contributed by atoms with van der Waals surface area (Å²) in [6.07, 6.45) is 2.28. The minimum absolute atomic E-state index is 0.155. The monoisotopic (exact) mass is 466 g/mol. The molecule has 9 heteroatoms. The molecule has 0 fully saturated rings. The summed E-state index contributed by atoms with van der Waals surface area (Å²) >= 11 is 1.31. The Hall–Kier alpha value is -3.46. The van der Waals surface area contributed by atoms with Crippen LogP contribution in [0.15, 0.2) is 66.3 Å². The van der Waals surface area contributed by atoms with Gasteiger partial charge in [0.25, 0.3) is 0 Å². The number of carbonyl (C=O) groups excluding carboxylic acids is 1. The van der Waals surface area contributed by atoms with Crippen LogP contribution in [0.4, 0.5) is 5.69 Å². The third kappa shape index (κ3) is 5.87. The topological polar surface area (TPSA) is 87.5 Å². The van der Waals surface area contributed by atoms with Gasteiger partial charge >= 0.3 is 0 Å². The summed E-state index contributed by atoms with van der Waals surface area (Å²) in [5.41, 5.74) is 0.656. The highest BCUT2D eigenvalue weighted by atomic mass is 32.2. The number of allylic oxidation sites excluding steroid dienone is 1. The van der Waals surface area contributed by atoms with Crippen LogP contribution in [0.5, 0.6) is 17.2 Å². The van der Waals surface area contributed by atoms with Crippen LogP contribution in [0.3, 0.4) is 0 Å². The molecule has 1 aliphatic rings. The molecule has 33 heavy (non-hydrogen) atoms. The van der Waals surface area contributed by atoms with Gasteiger partial charge in [-0.2, -0.15) is 0 Å². The van der Waals surface area contributed by atoms with Gasteiger partial charge in [0.1, 0.15) is 5.75 Å². The number of benzene rings is 2. The number of fused-ring (bicyclic) bond motifs is 1. The second-order valence-corrected chi connectivity index (χ2v) is 8.30. The molecule has 0 bridgehead atoms. The van der Waals surface area contributed by atoms with Crippen LogP contribution in [0.2, 0.25) is 0 Å². The largest absolute Gasteiger partial charge is 0.490 e. The lowest BCUT2D eigenvalue weighted by atomic mass is 10.2. The maximum atomic E-state index is 12.6. The zero-order chi connectivity index (χ0) is 23.0. The Bertz CT molecular complexity index is 1100. The van der Waals surface area contributed by atoms with Gasteiger partial charge in [0.2, 0.25) is 5.91 Å². The van der Waals surface area contributed by atoms with Crippen LogP contribution in [0, 0.1) is 0 Å². The molecule has 3 aromatic rings. The van der Waals surface area contributed by atoms with Gasteiger partial charge in [0.15, 0.2) is 28.6 Å². The Kier molecular flexibility index (Phi) is 7.51. The second kappa shape index (κ2) is 10.9. The summed E-state index contributed by atoms with van der Waals surface area (Å²) in [5.74, 6) is 2.78. The van der Waals surface area contributed by atoms with E-state index in [2.05, 4.69) is 22.1 Å². The maximum absolute atomic E-state index is 12.6. The van der Waals surface area contributed by atoms with Crippen molar-refractivity contribution in [2.45, 2.75) is 31.1 Å². The maximum Gasteiger partial charge on any atom is 0.234 e. The van der Waals surface area contributed by atoms with E-state index in [0.29, 0.717) is 47.9 Å². The van der Waals surface area contributed by atoms with Crippen LogP contribution in [0.25, 0.3) is 0 Å². The molecule has 0 saturated carbocycles. The molecule has 0 spiro atoms. The molecule has 1 amide bonds. The summed E-state index contributed by atoms with van der Waals surface area (Å²) in [7, 11) is 0. The number of anilines is 1. The van der Waals surface area contributed by atoms with E-state index in [1.165, 1.54) is 11.8 Å². The van der Waals surface area contributed by atoms with Gasteiger partial charge in [-0.1, -0.05) is 36.0 Å². The number of rotatable bonds is 9. The van der Waals surface area contributed by atoms with Gasteiger partial charge in [-0.3, -0.25) is 9.36 Å². The van der Waals surface area contributed by atoms with Crippen molar-refractivity contribution in [3.63, 3.8) is 0 Å². The van der Waals surface area contributed by atoms with E-state index in [1.54, 1.807) is 18.2 Å². The molecular formula is C24H26N4O4S. The van der Waals surface area contributed by atoms with Crippen molar-refractivity contribution in [3.05, 3.63) is 67.0 Å². The Balaban J connectivity index is 1.39. The highest BCUT2D eigenvalue weighted by molar-refractivity contribution is 7.99. The summed E-state index contributed by atoms with van der Waals surface area (Å²) < 4.78 is 19.2. The van der Waals surface area contributed by atoms with Crippen LogP contribution < -0.4 is 19.5 Å². The third-order valence-electron chi connectivity index (χ3n) is 4.84. The van der Waals surface area contributed by atoms with Crippen LogP contribution in [-0.2, 0) is 11.3 Å². The lowest BCUT2D eigenvalue weighted by molar-refractivity contribution is -0.113. The number of nitrogens with one attached hydrogen (secondary N) is 1. The molecule has 1 aromatic heterocycles. The number of para-hydroxylation sites is 1. The number of thioether (sulfide) groups is 1. The van der Waals surface area contributed by atoms with E-state index in [9.17, 15) is 4.79 Å². The summed E-state index contributed by atoms with van der Waals surface area (Å²) in [6.45, 7) is 7.47. The second-order valence-electron chi connectivity index (χ2n) is 7.36. The van der Waals surface area contributed by atoms with E-state index < -0.39 is 0 Å². The molecule has 0 unspecified atom stereocenters. The van der Waals surface area contributed by atoms with E-state index >= 15 is 0 Å². The highest BCUT2D eigenvalue weighted by Crippen LogP contribution is 2.32. The smallest absolute Gasteiger partial charge is 0.234 e. The van der Waals surface area contributed by atoms with E-state index in [1.807, 2.05) is 47.9 Å². The minimum Gasteiger partial charge on any atom is -0.490 e.